The van der Waals surface area contributed by atoms with Gasteiger partial charge in [0.1, 0.15) is 11.5 Å². The summed E-state index contributed by atoms with van der Waals surface area (Å²) in [6.45, 7) is 3.60. The van der Waals surface area contributed by atoms with Crippen LogP contribution in [0.1, 0.15) is 92.5 Å². The highest BCUT2D eigenvalue weighted by Crippen LogP contribution is 2.39. The molecule has 0 saturated heterocycles. The lowest BCUT2D eigenvalue weighted by atomic mass is 9.90. The fourth-order valence-corrected chi connectivity index (χ4v) is 6.17. The molecule has 0 amide bonds. The number of amidine groups is 1. The van der Waals surface area contributed by atoms with E-state index in [9.17, 15) is 0 Å². The summed E-state index contributed by atoms with van der Waals surface area (Å²) >= 11 is 1.96. The third-order valence-corrected chi connectivity index (χ3v) is 8.42. The number of ether oxygens (including phenoxy) is 2. The van der Waals surface area contributed by atoms with Crippen molar-refractivity contribution in [3.05, 3.63) is 64.0 Å². The van der Waals surface area contributed by atoms with Gasteiger partial charge in [0.05, 0.1) is 23.9 Å². The molecule has 1 fully saturated rings. The van der Waals surface area contributed by atoms with Crippen molar-refractivity contribution < 1.29 is 14.7 Å². The zero-order chi connectivity index (χ0) is 26.6. The first kappa shape index (κ1) is 28.0. The molecule has 1 aromatic heterocycles. The van der Waals surface area contributed by atoms with Gasteiger partial charge in [0.25, 0.3) is 0 Å². The average Bonchev–Trinajstić information content (AvgIpc) is 3.40. The van der Waals surface area contributed by atoms with Crippen molar-refractivity contribution in [1.82, 2.24) is 4.98 Å². The zero-order valence-corrected chi connectivity index (χ0v) is 23.3. The molecule has 1 aliphatic rings. The topological polar surface area (TPSA) is 90.0 Å². The van der Waals surface area contributed by atoms with Crippen LogP contribution in [0, 0.1) is 0 Å². The Morgan fingerprint density at radius 2 is 1.55 bits per heavy atom. The van der Waals surface area contributed by atoms with Gasteiger partial charge in [-0.3, -0.25) is 0 Å². The second-order valence-corrected chi connectivity index (χ2v) is 11.2. The van der Waals surface area contributed by atoms with Gasteiger partial charge < -0.3 is 20.4 Å². The molecule has 0 spiro atoms. The molecule has 1 aliphatic carbocycles. The summed E-state index contributed by atoms with van der Waals surface area (Å²) in [7, 11) is 0. The predicted molar refractivity (Wildman–Crippen MR) is 156 cm³/mol. The van der Waals surface area contributed by atoms with E-state index in [0.717, 1.165) is 37.2 Å². The van der Waals surface area contributed by atoms with Crippen LogP contribution in [0.5, 0.6) is 11.5 Å². The van der Waals surface area contributed by atoms with Crippen molar-refractivity contribution in [3.63, 3.8) is 0 Å². The maximum atomic E-state index is 8.73. The van der Waals surface area contributed by atoms with Gasteiger partial charge in [-0.25, -0.2) is 4.98 Å². The summed E-state index contributed by atoms with van der Waals surface area (Å²) in [5.74, 6) is 2.44. The van der Waals surface area contributed by atoms with Crippen LogP contribution in [-0.4, -0.2) is 29.2 Å². The van der Waals surface area contributed by atoms with E-state index < -0.39 is 0 Å². The summed E-state index contributed by atoms with van der Waals surface area (Å²) in [6.07, 6.45) is 13.2. The predicted octanol–water partition coefficient (Wildman–Crippen LogP) is 7.92. The van der Waals surface area contributed by atoms with E-state index in [1.165, 1.54) is 66.1 Å². The van der Waals surface area contributed by atoms with Crippen molar-refractivity contribution in [2.24, 2.45) is 10.9 Å². The minimum Gasteiger partial charge on any atom is -0.494 e. The van der Waals surface area contributed by atoms with Crippen LogP contribution < -0.4 is 15.2 Å². The van der Waals surface area contributed by atoms with Crippen LogP contribution in [0.2, 0.25) is 0 Å². The molecule has 4 rings (SSSR count). The van der Waals surface area contributed by atoms with Crippen LogP contribution in [0.25, 0.3) is 11.3 Å². The summed E-state index contributed by atoms with van der Waals surface area (Å²) in [6, 6.07) is 15.7. The number of oxime groups is 1. The van der Waals surface area contributed by atoms with Crippen molar-refractivity contribution in [3.8, 4) is 22.8 Å². The van der Waals surface area contributed by atoms with E-state index >= 15 is 0 Å². The Kier molecular flexibility index (Phi) is 10.9. The number of aryl methyl sites for hydroxylation is 1. The Bertz CT molecular complexity index is 1140. The summed E-state index contributed by atoms with van der Waals surface area (Å²) < 4.78 is 11.8. The monoisotopic (exact) mass is 535 g/mol. The molecule has 1 saturated carbocycles. The number of nitrogens with zero attached hydrogens (tertiary/aromatic N) is 2. The van der Waals surface area contributed by atoms with E-state index in [1.807, 2.05) is 23.5 Å². The SMILES string of the molecule is CCCCc1sc(C2CCCCC2)nc1-c1ccc(OCCCCCOc2ccc(/C(N)=N/O)cc2)cc1. The van der Waals surface area contributed by atoms with E-state index in [4.69, 9.17) is 25.4 Å². The highest BCUT2D eigenvalue weighted by Gasteiger charge is 2.22. The van der Waals surface area contributed by atoms with Gasteiger partial charge in [0, 0.05) is 21.9 Å². The molecule has 7 heteroatoms. The zero-order valence-electron chi connectivity index (χ0n) is 22.5. The number of unbranched alkanes of at least 4 members (excludes halogenated alkanes) is 3. The van der Waals surface area contributed by atoms with Crippen molar-refractivity contribution >= 4 is 17.2 Å². The highest BCUT2D eigenvalue weighted by atomic mass is 32.1. The van der Waals surface area contributed by atoms with Gasteiger partial charge in [-0.05, 0) is 93.5 Å². The number of hydrogen-bond acceptors (Lipinski definition) is 6. The lowest BCUT2D eigenvalue weighted by molar-refractivity contribution is 0.279. The smallest absolute Gasteiger partial charge is 0.170 e. The van der Waals surface area contributed by atoms with Gasteiger partial charge in [-0.15, -0.1) is 11.3 Å². The van der Waals surface area contributed by atoms with Crippen LogP contribution in [-0.2, 0) is 6.42 Å². The number of aromatic nitrogens is 1. The Labute approximate surface area is 230 Å². The van der Waals surface area contributed by atoms with Gasteiger partial charge in [0.15, 0.2) is 5.84 Å². The normalized spacial score (nSPS) is 14.5. The summed E-state index contributed by atoms with van der Waals surface area (Å²) in [5, 5.41) is 13.1. The lowest BCUT2D eigenvalue weighted by Gasteiger charge is -2.18. The van der Waals surface area contributed by atoms with E-state index in [2.05, 4.69) is 36.3 Å². The molecule has 3 aromatic rings. The Morgan fingerprint density at radius 1 is 0.921 bits per heavy atom. The first-order valence-electron chi connectivity index (χ1n) is 14.1. The van der Waals surface area contributed by atoms with Crippen LogP contribution >= 0.6 is 11.3 Å². The van der Waals surface area contributed by atoms with Gasteiger partial charge in [-0.1, -0.05) is 37.8 Å². The number of benzene rings is 2. The molecule has 0 radical (unpaired) electrons. The first-order chi connectivity index (χ1) is 18.7. The lowest BCUT2D eigenvalue weighted by Crippen LogP contribution is -2.12. The molecule has 2 aromatic carbocycles. The largest absolute Gasteiger partial charge is 0.494 e. The van der Waals surface area contributed by atoms with Crippen LogP contribution in [0.3, 0.4) is 0 Å². The molecular formula is C31H41N3O3S. The number of thiazole rings is 1. The maximum absolute atomic E-state index is 8.73. The van der Waals surface area contributed by atoms with Crippen molar-refractivity contribution in [2.75, 3.05) is 13.2 Å². The average molecular weight is 536 g/mol. The second-order valence-electron chi connectivity index (χ2n) is 10.1. The Balaban J connectivity index is 1.21. The number of hydrogen-bond donors (Lipinski definition) is 2. The van der Waals surface area contributed by atoms with Crippen LogP contribution in [0.4, 0.5) is 0 Å². The van der Waals surface area contributed by atoms with Gasteiger partial charge in [0.2, 0.25) is 0 Å². The molecule has 6 nitrogen and oxygen atoms in total. The van der Waals surface area contributed by atoms with E-state index in [1.54, 1.807) is 12.1 Å². The minimum atomic E-state index is 0.0924. The molecule has 0 atom stereocenters. The first-order valence-corrected chi connectivity index (χ1v) is 14.9. The molecule has 1 heterocycles. The van der Waals surface area contributed by atoms with Crippen molar-refractivity contribution in [2.45, 2.75) is 83.5 Å². The quantitative estimate of drug-likeness (QED) is 0.0719. The van der Waals surface area contributed by atoms with E-state index in [-0.39, 0.29) is 5.84 Å². The Morgan fingerprint density at radius 3 is 2.16 bits per heavy atom. The number of rotatable bonds is 14. The minimum absolute atomic E-state index is 0.0924. The molecule has 0 bridgehead atoms. The number of nitrogens with two attached hydrogens (primary N) is 1. The summed E-state index contributed by atoms with van der Waals surface area (Å²) in [4.78, 5) is 6.62. The van der Waals surface area contributed by atoms with Gasteiger partial charge in [-0.2, -0.15) is 0 Å². The van der Waals surface area contributed by atoms with Crippen molar-refractivity contribution in [1.29, 1.82) is 0 Å². The second kappa shape index (κ2) is 14.8. The van der Waals surface area contributed by atoms with Crippen LogP contribution in [0.15, 0.2) is 53.7 Å². The molecule has 3 N–H and O–H groups in total. The van der Waals surface area contributed by atoms with Gasteiger partial charge >= 0.3 is 0 Å². The highest BCUT2D eigenvalue weighted by molar-refractivity contribution is 7.12. The molecular weight excluding hydrogens is 494 g/mol. The van der Waals surface area contributed by atoms with E-state index in [0.29, 0.717) is 24.7 Å². The third-order valence-electron chi connectivity index (χ3n) is 7.14. The third kappa shape index (κ3) is 7.97. The molecule has 38 heavy (non-hydrogen) atoms. The molecule has 0 unspecified atom stereocenters. The summed E-state index contributed by atoms with van der Waals surface area (Å²) in [5.41, 5.74) is 8.64. The maximum Gasteiger partial charge on any atom is 0.170 e. The Hall–Kier alpha value is -3.06. The molecule has 0 aliphatic heterocycles. The fourth-order valence-electron chi connectivity index (χ4n) is 4.88. The fraction of sp³-hybridized carbons (Fsp3) is 0.484. The molecule has 204 valence electrons. The standard InChI is InChI=1S/C31H41N3O3S/c1-2-3-12-28-29(33-31(38-28)25-10-6-4-7-11-25)23-13-17-26(18-14-23)36-21-8-5-9-22-37-27-19-15-24(16-20-27)30(32)34-35/h13-20,25,35H,2-12,21-22H2,1H3,(H2,32,34).